The molecule has 0 radical (unpaired) electrons. The minimum absolute atomic E-state index is 0.147. The molecule has 7 nitrogen and oxygen atoms in total. The third-order valence-electron chi connectivity index (χ3n) is 6.04. The largest absolute Gasteiger partial charge is 0.422 e. The van der Waals surface area contributed by atoms with Crippen molar-refractivity contribution in [2.75, 3.05) is 0 Å². The molecule has 35 heavy (non-hydrogen) atoms. The molecule has 0 bridgehead atoms. The van der Waals surface area contributed by atoms with Crippen LogP contribution in [0.15, 0.2) is 74.3 Å². The van der Waals surface area contributed by atoms with Crippen LogP contribution < -0.4 is 11.4 Å². The van der Waals surface area contributed by atoms with Gasteiger partial charge in [0.15, 0.2) is 5.69 Å². The number of hydrogen-bond donors (Lipinski definition) is 1. The highest BCUT2D eigenvalue weighted by atomic mass is 79.9. The highest BCUT2D eigenvalue weighted by Crippen LogP contribution is 2.28. The van der Waals surface area contributed by atoms with Gasteiger partial charge in [-0.2, -0.15) is 0 Å². The van der Waals surface area contributed by atoms with Crippen molar-refractivity contribution in [2.24, 2.45) is 5.73 Å². The lowest BCUT2D eigenvalue weighted by Crippen LogP contribution is -2.22. The summed E-state index contributed by atoms with van der Waals surface area (Å²) in [5.74, 6) is 0.00600. The van der Waals surface area contributed by atoms with Crippen LogP contribution in [0.25, 0.3) is 26.8 Å². The standard InChI is InChI=1S/C27H19BrN4O3/c1-15-20-12-21-22(13-23(20)35-27(34)25(15)26(29)33)32(14-17-3-7-18(28)8-4-17)24(31-21)11-16-5-9-19(30-2)10-6-16/h3-10,12-13H,11,14H2,1H3,(H2,29,33). The number of fused-ring (bicyclic) bond motifs is 2. The van der Waals surface area contributed by atoms with E-state index < -0.39 is 11.5 Å². The van der Waals surface area contributed by atoms with Crippen molar-refractivity contribution in [1.82, 2.24) is 9.55 Å². The lowest BCUT2D eigenvalue weighted by Gasteiger charge is -2.11. The number of carbonyl (C=O) groups is 1. The molecule has 0 unspecified atom stereocenters. The topological polar surface area (TPSA) is 95.5 Å². The predicted octanol–water partition coefficient (Wildman–Crippen LogP) is 5.50. The average molecular weight is 527 g/mol. The van der Waals surface area contributed by atoms with E-state index >= 15 is 0 Å². The fourth-order valence-corrected chi connectivity index (χ4v) is 4.52. The maximum absolute atomic E-state index is 12.4. The molecule has 5 aromatic rings. The molecule has 0 aliphatic heterocycles. The molecule has 5 rings (SSSR count). The Morgan fingerprint density at radius 1 is 1.11 bits per heavy atom. The number of aromatic nitrogens is 2. The van der Waals surface area contributed by atoms with Crippen molar-refractivity contribution in [3.63, 3.8) is 0 Å². The molecule has 0 saturated carbocycles. The molecule has 2 N–H and O–H groups in total. The first-order chi connectivity index (χ1) is 16.8. The van der Waals surface area contributed by atoms with Crippen LogP contribution in [0.1, 0.15) is 32.9 Å². The zero-order valence-corrected chi connectivity index (χ0v) is 20.3. The molecule has 2 heterocycles. The molecule has 0 spiro atoms. The Bertz CT molecular complexity index is 1710. The van der Waals surface area contributed by atoms with Crippen LogP contribution in [0.4, 0.5) is 5.69 Å². The van der Waals surface area contributed by atoms with Crippen molar-refractivity contribution < 1.29 is 9.21 Å². The first-order valence-electron chi connectivity index (χ1n) is 10.8. The molecule has 1 amide bonds. The molecule has 8 heteroatoms. The van der Waals surface area contributed by atoms with E-state index in [0.29, 0.717) is 35.2 Å². The van der Waals surface area contributed by atoms with Gasteiger partial charge in [0.05, 0.1) is 17.6 Å². The van der Waals surface area contributed by atoms with Gasteiger partial charge < -0.3 is 14.7 Å². The maximum Gasteiger partial charge on any atom is 0.349 e. The number of amides is 1. The first kappa shape index (κ1) is 22.6. The van der Waals surface area contributed by atoms with Gasteiger partial charge in [-0.15, -0.1) is 0 Å². The third kappa shape index (κ3) is 4.22. The summed E-state index contributed by atoms with van der Waals surface area (Å²) in [6, 6.07) is 19.1. The van der Waals surface area contributed by atoms with Crippen molar-refractivity contribution in [1.29, 1.82) is 0 Å². The predicted molar refractivity (Wildman–Crippen MR) is 138 cm³/mol. The molecule has 172 valence electrons. The Balaban J connectivity index is 1.71. The van der Waals surface area contributed by atoms with E-state index in [1.807, 2.05) is 42.5 Å². The number of aryl methyl sites for hydroxylation is 1. The molecule has 0 atom stereocenters. The molecule has 0 fully saturated rings. The molecule has 0 saturated heterocycles. The van der Waals surface area contributed by atoms with E-state index in [-0.39, 0.29) is 5.56 Å². The van der Waals surface area contributed by atoms with Crippen LogP contribution >= 0.6 is 15.9 Å². The maximum atomic E-state index is 12.4. The second-order valence-electron chi connectivity index (χ2n) is 8.29. The molecule has 2 aromatic heterocycles. The van der Waals surface area contributed by atoms with E-state index in [1.165, 1.54) is 0 Å². The zero-order valence-electron chi connectivity index (χ0n) is 18.7. The van der Waals surface area contributed by atoms with E-state index in [1.54, 1.807) is 25.1 Å². The highest BCUT2D eigenvalue weighted by molar-refractivity contribution is 9.10. The molecular weight excluding hydrogens is 508 g/mol. The monoisotopic (exact) mass is 526 g/mol. The Hall–Kier alpha value is -4.22. The number of primary amides is 1. The number of nitrogens with zero attached hydrogens (tertiary/aromatic N) is 3. The lowest BCUT2D eigenvalue weighted by atomic mass is 10.1. The summed E-state index contributed by atoms with van der Waals surface area (Å²) >= 11 is 3.48. The second-order valence-corrected chi connectivity index (χ2v) is 9.20. The van der Waals surface area contributed by atoms with Crippen molar-refractivity contribution >= 4 is 49.5 Å². The van der Waals surface area contributed by atoms with Crippen molar-refractivity contribution in [3.05, 3.63) is 115 Å². The van der Waals surface area contributed by atoms with Crippen molar-refractivity contribution in [2.45, 2.75) is 19.9 Å². The Morgan fingerprint density at radius 3 is 2.46 bits per heavy atom. The molecular formula is C27H19BrN4O3. The molecule has 3 aromatic carbocycles. The quantitative estimate of drug-likeness (QED) is 0.241. The Labute approximate surface area is 208 Å². The highest BCUT2D eigenvalue weighted by Gasteiger charge is 2.19. The second kappa shape index (κ2) is 8.85. The van der Waals surface area contributed by atoms with Crippen LogP contribution in [-0.4, -0.2) is 15.5 Å². The summed E-state index contributed by atoms with van der Waals surface area (Å²) < 4.78 is 8.57. The number of carbonyl (C=O) groups excluding carboxylic acids is 1. The molecule has 0 aliphatic rings. The summed E-state index contributed by atoms with van der Waals surface area (Å²) in [6.07, 6.45) is 0.551. The normalized spacial score (nSPS) is 11.1. The van der Waals surface area contributed by atoms with Crippen LogP contribution in [-0.2, 0) is 13.0 Å². The molecule has 0 aliphatic carbocycles. The van der Waals surface area contributed by atoms with Crippen LogP contribution in [0.5, 0.6) is 0 Å². The summed E-state index contributed by atoms with van der Waals surface area (Å²) in [5.41, 5.74) is 9.57. The Morgan fingerprint density at radius 2 is 1.80 bits per heavy atom. The van der Waals surface area contributed by atoms with Gasteiger partial charge >= 0.3 is 5.63 Å². The minimum Gasteiger partial charge on any atom is -0.422 e. The summed E-state index contributed by atoms with van der Waals surface area (Å²) in [6.45, 7) is 9.42. The van der Waals surface area contributed by atoms with Gasteiger partial charge in [0.1, 0.15) is 17.0 Å². The SMILES string of the molecule is [C-]#[N+]c1ccc(Cc2nc3cc4c(C)c(C(N)=O)c(=O)oc4cc3n2Cc2ccc(Br)cc2)cc1. The number of hydrogen-bond acceptors (Lipinski definition) is 4. The van der Waals surface area contributed by atoms with Gasteiger partial charge in [-0.3, -0.25) is 4.79 Å². The average Bonchev–Trinajstić information content (AvgIpc) is 3.15. The van der Waals surface area contributed by atoms with Gasteiger partial charge in [0.2, 0.25) is 0 Å². The number of halogens is 1. The van der Waals surface area contributed by atoms with Gasteiger partial charge in [-0.1, -0.05) is 52.3 Å². The number of imidazole rings is 1. The summed E-state index contributed by atoms with van der Waals surface area (Å²) in [5, 5.41) is 0.618. The zero-order chi connectivity index (χ0) is 24.7. The van der Waals surface area contributed by atoms with E-state index in [9.17, 15) is 9.59 Å². The summed E-state index contributed by atoms with van der Waals surface area (Å²) in [4.78, 5) is 32.6. The van der Waals surface area contributed by atoms with Crippen LogP contribution in [0.3, 0.4) is 0 Å². The van der Waals surface area contributed by atoms with Gasteiger partial charge in [-0.05, 0) is 41.8 Å². The van der Waals surface area contributed by atoms with E-state index in [0.717, 1.165) is 32.5 Å². The number of benzene rings is 3. The van der Waals surface area contributed by atoms with E-state index in [2.05, 4.69) is 25.3 Å². The fourth-order valence-electron chi connectivity index (χ4n) is 4.26. The van der Waals surface area contributed by atoms with Gasteiger partial charge in [-0.25, -0.2) is 14.6 Å². The van der Waals surface area contributed by atoms with Gasteiger partial charge in [0, 0.05) is 28.9 Å². The van der Waals surface area contributed by atoms with Gasteiger partial charge in [0.25, 0.3) is 5.91 Å². The first-order valence-corrected chi connectivity index (χ1v) is 11.6. The van der Waals surface area contributed by atoms with E-state index in [4.69, 9.17) is 21.7 Å². The minimum atomic E-state index is -0.817. The Kier molecular flexibility index (Phi) is 5.71. The lowest BCUT2D eigenvalue weighted by molar-refractivity contribution is 0.0996. The summed E-state index contributed by atoms with van der Waals surface area (Å²) in [7, 11) is 0. The smallest absolute Gasteiger partial charge is 0.349 e. The third-order valence-corrected chi connectivity index (χ3v) is 6.57. The number of nitrogens with two attached hydrogens (primary N) is 1. The van der Waals surface area contributed by atoms with Crippen LogP contribution in [0.2, 0.25) is 0 Å². The van der Waals surface area contributed by atoms with Crippen molar-refractivity contribution in [3.8, 4) is 0 Å². The van der Waals surface area contributed by atoms with Crippen LogP contribution in [0, 0.1) is 13.5 Å². The fraction of sp³-hybridized carbons (Fsp3) is 0.111. The number of rotatable bonds is 5.